The second-order valence-corrected chi connectivity index (χ2v) is 7.29. The molecule has 1 heterocycles. The zero-order valence-corrected chi connectivity index (χ0v) is 14.1. The summed E-state index contributed by atoms with van der Waals surface area (Å²) in [5.74, 6) is 1.40. The standard InChI is InChI=1S/C17H19NO4S/c1-11-9-17(12(2)8-16(11)21-3)23(19,20)18-14-10-22-15-7-5-4-6-13(14)15/h4-9,14,18H,10H2,1-3H3. The van der Waals surface area contributed by atoms with Crippen molar-refractivity contribution in [1.29, 1.82) is 0 Å². The Kier molecular flexibility index (Phi) is 4.04. The summed E-state index contributed by atoms with van der Waals surface area (Å²) in [7, 11) is -2.08. The van der Waals surface area contributed by atoms with Crippen LogP contribution in [0.5, 0.6) is 11.5 Å². The smallest absolute Gasteiger partial charge is 0.241 e. The first kappa shape index (κ1) is 15.8. The van der Waals surface area contributed by atoms with E-state index in [9.17, 15) is 8.42 Å². The molecule has 0 fully saturated rings. The lowest BCUT2D eigenvalue weighted by Crippen LogP contribution is -2.30. The molecule has 0 saturated heterocycles. The van der Waals surface area contributed by atoms with E-state index in [0.29, 0.717) is 17.9 Å². The van der Waals surface area contributed by atoms with Crippen molar-refractivity contribution in [2.45, 2.75) is 24.8 Å². The molecule has 1 atom stereocenters. The van der Waals surface area contributed by atoms with E-state index in [1.165, 1.54) is 0 Å². The number of sulfonamides is 1. The van der Waals surface area contributed by atoms with Crippen molar-refractivity contribution in [2.75, 3.05) is 13.7 Å². The highest BCUT2D eigenvalue weighted by molar-refractivity contribution is 7.89. The fraction of sp³-hybridized carbons (Fsp3) is 0.294. The summed E-state index contributed by atoms with van der Waals surface area (Å²) in [5, 5.41) is 0. The maximum absolute atomic E-state index is 12.8. The van der Waals surface area contributed by atoms with E-state index in [1.54, 1.807) is 26.2 Å². The van der Waals surface area contributed by atoms with Gasteiger partial charge in [-0.05, 0) is 43.2 Å². The Morgan fingerprint density at radius 3 is 2.65 bits per heavy atom. The van der Waals surface area contributed by atoms with Gasteiger partial charge in [-0.25, -0.2) is 13.1 Å². The van der Waals surface area contributed by atoms with Gasteiger partial charge in [0, 0.05) is 5.56 Å². The Hall–Kier alpha value is -2.05. The highest BCUT2D eigenvalue weighted by Gasteiger charge is 2.29. The molecule has 0 radical (unpaired) electrons. The van der Waals surface area contributed by atoms with Gasteiger partial charge in [-0.15, -0.1) is 0 Å². The average Bonchev–Trinajstić information content (AvgIpc) is 2.91. The molecule has 2 aromatic carbocycles. The summed E-state index contributed by atoms with van der Waals surface area (Å²) in [6.07, 6.45) is 0. The highest BCUT2D eigenvalue weighted by atomic mass is 32.2. The van der Waals surface area contributed by atoms with Crippen molar-refractivity contribution in [3.05, 3.63) is 53.1 Å². The number of benzene rings is 2. The topological polar surface area (TPSA) is 64.6 Å². The van der Waals surface area contributed by atoms with E-state index < -0.39 is 10.0 Å². The van der Waals surface area contributed by atoms with Crippen LogP contribution in [0.1, 0.15) is 22.7 Å². The van der Waals surface area contributed by atoms with Gasteiger partial charge in [0.25, 0.3) is 0 Å². The molecule has 1 aliphatic rings. The van der Waals surface area contributed by atoms with Crippen LogP contribution in [-0.4, -0.2) is 22.1 Å². The fourth-order valence-corrected chi connectivity index (χ4v) is 4.29. The summed E-state index contributed by atoms with van der Waals surface area (Å²) in [6, 6.07) is 10.5. The lowest BCUT2D eigenvalue weighted by atomic mass is 10.1. The van der Waals surface area contributed by atoms with Crippen molar-refractivity contribution < 1.29 is 17.9 Å². The molecule has 0 amide bonds. The molecule has 122 valence electrons. The van der Waals surface area contributed by atoms with Gasteiger partial charge in [0.1, 0.15) is 18.1 Å². The molecule has 0 spiro atoms. The number of hydrogen-bond acceptors (Lipinski definition) is 4. The summed E-state index contributed by atoms with van der Waals surface area (Å²) >= 11 is 0. The Labute approximate surface area is 136 Å². The van der Waals surface area contributed by atoms with Crippen LogP contribution in [0.15, 0.2) is 41.3 Å². The molecule has 1 aliphatic heterocycles. The predicted molar refractivity (Wildman–Crippen MR) is 87.5 cm³/mol. The van der Waals surface area contributed by atoms with Crippen LogP contribution in [0.2, 0.25) is 0 Å². The number of fused-ring (bicyclic) bond motifs is 1. The number of hydrogen-bond donors (Lipinski definition) is 1. The molecule has 0 saturated carbocycles. The Morgan fingerprint density at radius 1 is 1.17 bits per heavy atom. The van der Waals surface area contributed by atoms with Crippen LogP contribution < -0.4 is 14.2 Å². The Bertz CT molecular complexity index is 846. The fourth-order valence-electron chi connectivity index (χ4n) is 2.78. The van der Waals surface area contributed by atoms with Crippen LogP contribution in [0.25, 0.3) is 0 Å². The van der Waals surface area contributed by atoms with Crippen molar-refractivity contribution in [3.63, 3.8) is 0 Å². The molecule has 1 N–H and O–H groups in total. The average molecular weight is 333 g/mol. The first-order chi connectivity index (χ1) is 10.9. The van der Waals surface area contributed by atoms with E-state index >= 15 is 0 Å². The van der Waals surface area contributed by atoms with Crippen molar-refractivity contribution in [2.24, 2.45) is 0 Å². The maximum Gasteiger partial charge on any atom is 0.241 e. The van der Waals surface area contributed by atoms with Gasteiger partial charge in [0.05, 0.1) is 18.0 Å². The number of nitrogens with one attached hydrogen (secondary N) is 1. The summed E-state index contributed by atoms with van der Waals surface area (Å²) in [4.78, 5) is 0.264. The molecule has 5 nitrogen and oxygen atoms in total. The minimum Gasteiger partial charge on any atom is -0.496 e. The minimum absolute atomic E-state index is 0.264. The van der Waals surface area contributed by atoms with Crippen LogP contribution in [0.3, 0.4) is 0 Å². The molecule has 3 rings (SSSR count). The number of ether oxygens (including phenoxy) is 2. The van der Waals surface area contributed by atoms with E-state index in [1.807, 2.05) is 31.2 Å². The number of rotatable bonds is 4. The summed E-state index contributed by atoms with van der Waals surface area (Å²) in [5.41, 5.74) is 2.28. The minimum atomic E-state index is -3.65. The van der Waals surface area contributed by atoms with Gasteiger partial charge in [0.2, 0.25) is 10.0 Å². The Balaban J connectivity index is 1.93. The molecule has 0 aliphatic carbocycles. The van der Waals surface area contributed by atoms with Crippen molar-refractivity contribution in [3.8, 4) is 11.5 Å². The number of aryl methyl sites for hydroxylation is 2. The van der Waals surface area contributed by atoms with Crippen LogP contribution in [-0.2, 0) is 10.0 Å². The van der Waals surface area contributed by atoms with Gasteiger partial charge >= 0.3 is 0 Å². The third kappa shape index (κ3) is 2.92. The predicted octanol–water partition coefficient (Wildman–Crippen LogP) is 2.72. The molecule has 23 heavy (non-hydrogen) atoms. The van der Waals surface area contributed by atoms with Crippen LogP contribution in [0, 0.1) is 13.8 Å². The zero-order valence-electron chi connectivity index (χ0n) is 13.3. The van der Waals surface area contributed by atoms with Gasteiger partial charge in [-0.2, -0.15) is 0 Å². The molecule has 0 bridgehead atoms. The van der Waals surface area contributed by atoms with Crippen molar-refractivity contribution >= 4 is 10.0 Å². The SMILES string of the molecule is COc1cc(C)c(S(=O)(=O)NC2COc3ccccc32)cc1C. The van der Waals surface area contributed by atoms with Crippen LogP contribution in [0.4, 0.5) is 0 Å². The maximum atomic E-state index is 12.8. The normalized spacial score (nSPS) is 16.7. The van der Waals surface area contributed by atoms with E-state index in [4.69, 9.17) is 9.47 Å². The molecule has 2 aromatic rings. The molecule has 6 heteroatoms. The first-order valence-corrected chi connectivity index (χ1v) is 8.80. The summed E-state index contributed by atoms with van der Waals surface area (Å²) in [6.45, 7) is 3.88. The van der Waals surface area contributed by atoms with Gasteiger partial charge in [-0.3, -0.25) is 0 Å². The second-order valence-electron chi connectivity index (χ2n) is 5.61. The van der Waals surface area contributed by atoms with Gasteiger partial charge < -0.3 is 9.47 Å². The largest absolute Gasteiger partial charge is 0.496 e. The monoisotopic (exact) mass is 333 g/mol. The van der Waals surface area contributed by atoms with E-state index in [2.05, 4.69) is 4.72 Å². The third-order valence-electron chi connectivity index (χ3n) is 3.98. The molecule has 0 aromatic heterocycles. The number of para-hydroxylation sites is 1. The zero-order chi connectivity index (χ0) is 16.6. The van der Waals surface area contributed by atoms with Crippen molar-refractivity contribution in [1.82, 2.24) is 4.72 Å². The van der Waals surface area contributed by atoms with Crippen LogP contribution >= 0.6 is 0 Å². The highest BCUT2D eigenvalue weighted by Crippen LogP contribution is 2.33. The van der Waals surface area contributed by atoms with E-state index in [0.717, 1.165) is 16.9 Å². The lowest BCUT2D eigenvalue weighted by molar-refractivity contribution is 0.325. The number of methoxy groups -OCH3 is 1. The van der Waals surface area contributed by atoms with Gasteiger partial charge in [-0.1, -0.05) is 18.2 Å². The van der Waals surface area contributed by atoms with Gasteiger partial charge in [0.15, 0.2) is 0 Å². The molecular formula is C17H19NO4S. The third-order valence-corrected chi connectivity index (χ3v) is 5.59. The lowest BCUT2D eigenvalue weighted by Gasteiger charge is -2.15. The first-order valence-electron chi connectivity index (χ1n) is 7.31. The van der Waals surface area contributed by atoms with E-state index in [-0.39, 0.29) is 10.9 Å². The molecule has 1 unspecified atom stereocenters. The second kappa shape index (κ2) is 5.86. The quantitative estimate of drug-likeness (QED) is 0.934. The Morgan fingerprint density at radius 2 is 1.91 bits per heavy atom. The summed E-state index contributed by atoms with van der Waals surface area (Å²) < 4.78 is 39.0. The molecular weight excluding hydrogens is 314 g/mol.